The van der Waals surface area contributed by atoms with Crippen LogP contribution in [0.4, 0.5) is 0 Å². The Morgan fingerprint density at radius 1 is 0.857 bits per heavy atom. The molecule has 2 heterocycles. The molecule has 0 aliphatic carbocycles. The van der Waals surface area contributed by atoms with Crippen LogP contribution in [-0.2, 0) is 0 Å². The predicted octanol–water partition coefficient (Wildman–Crippen LogP) is 3.91. The third kappa shape index (κ3) is 1.73. The maximum Gasteiger partial charge on any atom is 0.235 e. The van der Waals surface area contributed by atoms with E-state index in [4.69, 9.17) is 8.83 Å². The van der Waals surface area contributed by atoms with Crippen LogP contribution in [0.15, 0.2) is 68.2 Å². The minimum Gasteiger partial charge on any atom is -0.501 e. The molecular formula is C17H10O4. The molecule has 2 aromatic heterocycles. The Morgan fingerprint density at radius 3 is 2.38 bits per heavy atom. The molecule has 0 bridgehead atoms. The van der Waals surface area contributed by atoms with Gasteiger partial charge in [0.25, 0.3) is 0 Å². The summed E-state index contributed by atoms with van der Waals surface area (Å²) in [6, 6.07) is 16.0. The maximum atomic E-state index is 12.2. The zero-order chi connectivity index (χ0) is 14.4. The van der Waals surface area contributed by atoms with Gasteiger partial charge in [0.15, 0.2) is 5.76 Å². The Morgan fingerprint density at radius 2 is 1.57 bits per heavy atom. The molecule has 1 N–H and O–H groups in total. The average molecular weight is 278 g/mol. The van der Waals surface area contributed by atoms with Crippen LogP contribution in [0.3, 0.4) is 0 Å². The van der Waals surface area contributed by atoms with Crippen molar-refractivity contribution < 1.29 is 13.9 Å². The summed E-state index contributed by atoms with van der Waals surface area (Å²) >= 11 is 0. The molecule has 0 saturated carbocycles. The zero-order valence-electron chi connectivity index (χ0n) is 10.9. The van der Waals surface area contributed by atoms with Gasteiger partial charge in [-0.05, 0) is 24.3 Å². The van der Waals surface area contributed by atoms with Crippen LogP contribution < -0.4 is 5.43 Å². The van der Waals surface area contributed by atoms with E-state index in [2.05, 4.69) is 0 Å². The van der Waals surface area contributed by atoms with E-state index >= 15 is 0 Å². The Hall–Kier alpha value is -3.01. The molecule has 102 valence electrons. The van der Waals surface area contributed by atoms with E-state index in [0.717, 1.165) is 5.39 Å². The summed E-state index contributed by atoms with van der Waals surface area (Å²) in [5.41, 5.74) is 0.616. The topological polar surface area (TPSA) is 63.6 Å². The highest BCUT2D eigenvalue weighted by molar-refractivity contribution is 5.85. The Kier molecular flexibility index (Phi) is 2.38. The molecule has 0 spiro atoms. The van der Waals surface area contributed by atoms with Crippen LogP contribution in [-0.4, -0.2) is 5.11 Å². The molecule has 0 aliphatic rings. The largest absolute Gasteiger partial charge is 0.501 e. The van der Waals surface area contributed by atoms with Gasteiger partial charge in [-0.3, -0.25) is 4.79 Å². The van der Waals surface area contributed by atoms with Gasteiger partial charge in [-0.15, -0.1) is 0 Å². The number of rotatable bonds is 1. The molecule has 0 fully saturated rings. The molecule has 0 amide bonds. The minimum absolute atomic E-state index is 0.0508. The summed E-state index contributed by atoms with van der Waals surface area (Å²) in [5.74, 6) is -0.0563. The summed E-state index contributed by atoms with van der Waals surface area (Å²) in [6.45, 7) is 0. The van der Waals surface area contributed by atoms with Gasteiger partial charge in [-0.25, -0.2) is 0 Å². The second kappa shape index (κ2) is 4.24. The molecule has 0 radical (unpaired) electrons. The highest BCUT2D eigenvalue weighted by Gasteiger charge is 2.18. The van der Waals surface area contributed by atoms with Crippen molar-refractivity contribution in [2.45, 2.75) is 0 Å². The van der Waals surface area contributed by atoms with Gasteiger partial charge < -0.3 is 13.9 Å². The summed E-state index contributed by atoms with van der Waals surface area (Å²) in [5, 5.41) is 11.3. The summed E-state index contributed by atoms with van der Waals surface area (Å²) < 4.78 is 11.3. The van der Waals surface area contributed by atoms with Crippen molar-refractivity contribution in [3.63, 3.8) is 0 Å². The molecule has 4 rings (SSSR count). The van der Waals surface area contributed by atoms with Crippen molar-refractivity contribution in [2.75, 3.05) is 0 Å². The summed E-state index contributed by atoms with van der Waals surface area (Å²) in [6.07, 6.45) is 0. The van der Waals surface area contributed by atoms with Crippen molar-refractivity contribution in [3.05, 3.63) is 64.8 Å². The second-order valence-corrected chi connectivity index (χ2v) is 4.75. The normalized spacial score (nSPS) is 11.2. The third-order valence-corrected chi connectivity index (χ3v) is 3.42. The van der Waals surface area contributed by atoms with Gasteiger partial charge in [-0.2, -0.15) is 0 Å². The highest BCUT2D eigenvalue weighted by Crippen LogP contribution is 2.33. The van der Waals surface area contributed by atoms with Gasteiger partial charge in [0.05, 0.1) is 5.39 Å². The Bertz CT molecular complexity index is 991. The zero-order valence-corrected chi connectivity index (χ0v) is 10.9. The van der Waals surface area contributed by atoms with Gasteiger partial charge in [-0.1, -0.05) is 30.3 Å². The van der Waals surface area contributed by atoms with E-state index in [-0.39, 0.29) is 5.76 Å². The number of hydrogen-bond donors (Lipinski definition) is 1. The average Bonchev–Trinajstić information content (AvgIpc) is 2.94. The number of aromatic hydroxyl groups is 1. The lowest BCUT2D eigenvalue weighted by Gasteiger charge is -2.02. The van der Waals surface area contributed by atoms with Crippen molar-refractivity contribution in [1.82, 2.24) is 0 Å². The van der Waals surface area contributed by atoms with Gasteiger partial charge in [0.1, 0.15) is 11.2 Å². The lowest BCUT2D eigenvalue weighted by Crippen LogP contribution is -2.01. The van der Waals surface area contributed by atoms with Gasteiger partial charge in [0.2, 0.25) is 16.9 Å². The summed E-state index contributed by atoms with van der Waals surface area (Å²) in [7, 11) is 0. The van der Waals surface area contributed by atoms with Crippen molar-refractivity contribution in [3.8, 4) is 17.3 Å². The Labute approximate surface area is 118 Å². The van der Waals surface area contributed by atoms with Crippen LogP contribution in [0.1, 0.15) is 0 Å². The lowest BCUT2D eigenvalue weighted by molar-refractivity contribution is 0.442. The van der Waals surface area contributed by atoms with E-state index in [1.54, 1.807) is 30.3 Å². The first-order valence-corrected chi connectivity index (χ1v) is 6.48. The molecule has 0 unspecified atom stereocenters. The quantitative estimate of drug-likeness (QED) is 0.573. The van der Waals surface area contributed by atoms with Crippen LogP contribution >= 0.6 is 0 Å². The lowest BCUT2D eigenvalue weighted by atomic mass is 10.2. The fourth-order valence-electron chi connectivity index (χ4n) is 2.39. The monoisotopic (exact) mass is 278 g/mol. The molecule has 0 atom stereocenters. The van der Waals surface area contributed by atoms with Crippen LogP contribution in [0, 0.1) is 0 Å². The van der Waals surface area contributed by atoms with E-state index in [1.165, 1.54) is 0 Å². The first-order chi connectivity index (χ1) is 10.2. The number of para-hydroxylation sites is 2. The van der Waals surface area contributed by atoms with Crippen LogP contribution in [0.2, 0.25) is 0 Å². The smallest absolute Gasteiger partial charge is 0.235 e. The standard InChI is InChI=1S/C17H10O4/c18-15-11-6-2-4-8-13(11)21-17(16(15)19)14-9-10-5-1-3-7-12(10)20-14/h1-9,19H. The van der Waals surface area contributed by atoms with Crippen molar-refractivity contribution >= 4 is 21.9 Å². The number of fused-ring (bicyclic) bond motifs is 2. The molecule has 4 heteroatoms. The molecule has 0 saturated heterocycles. The van der Waals surface area contributed by atoms with Crippen molar-refractivity contribution in [2.24, 2.45) is 0 Å². The second-order valence-electron chi connectivity index (χ2n) is 4.75. The van der Waals surface area contributed by atoms with Crippen molar-refractivity contribution in [1.29, 1.82) is 0 Å². The number of furan rings is 1. The number of hydrogen-bond acceptors (Lipinski definition) is 4. The van der Waals surface area contributed by atoms with E-state index in [0.29, 0.717) is 22.3 Å². The first kappa shape index (κ1) is 11.8. The molecule has 21 heavy (non-hydrogen) atoms. The minimum atomic E-state index is -0.465. The fourth-order valence-corrected chi connectivity index (χ4v) is 2.39. The van der Waals surface area contributed by atoms with E-state index < -0.39 is 11.2 Å². The maximum absolute atomic E-state index is 12.2. The highest BCUT2D eigenvalue weighted by atomic mass is 16.4. The van der Waals surface area contributed by atoms with Gasteiger partial charge >= 0.3 is 0 Å². The first-order valence-electron chi connectivity index (χ1n) is 6.48. The van der Waals surface area contributed by atoms with Crippen LogP contribution in [0.25, 0.3) is 33.5 Å². The number of benzene rings is 2. The Balaban J connectivity index is 2.05. The molecule has 2 aromatic carbocycles. The predicted molar refractivity (Wildman–Crippen MR) is 79.4 cm³/mol. The van der Waals surface area contributed by atoms with Crippen LogP contribution in [0.5, 0.6) is 5.75 Å². The SMILES string of the molecule is O=c1c(O)c(-c2cc3ccccc3o2)oc2ccccc12. The molecule has 0 aliphatic heterocycles. The van der Waals surface area contributed by atoms with E-state index in [1.807, 2.05) is 24.3 Å². The fraction of sp³-hybridized carbons (Fsp3) is 0. The third-order valence-electron chi connectivity index (χ3n) is 3.42. The molecular weight excluding hydrogens is 268 g/mol. The summed E-state index contributed by atoms with van der Waals surface area (Å²) in [4.78, 5) is 12.2. The molecule has 4 aromatic rings. The van der Waals surface area contributed by atoms with Gasteiger partial charge in [0, 0.05) is 5.39 Å². The molecule has 4 nitrogen and oxygen atoms in total. The van der Waals surface area contributed by atoms with E-state index in [9.17, 15) is 9.90 Å².